The van der Waals surface area contributed by atoms with Gasteiger partial charge in [-0.15, -0.1) is 0 Å². The molecule has 0 bridgehead atoms. The van der Waals surface area contributed by atoms with E-state index >= 15 is 0 Å². The normalized spacial score (nSPS) is 16.6. The first kappa shape index (κ1) is 10.8. The Labute approximate surface area is 105 Å². The molecule has 1 atom stereocenters. The Bertz CT molecular complexity index is 722. The van der Waals surface area contributed by atoms with Gasteiger partial charge in [-0.2, -0.15) is 5.26 Å². The van der Waals surface area contributed by atoms with Crippen molar-refractivity contribution >= 4 is 0 Å². The molecule has 0 spiro atoms. The number of pyridine rings is 1. The number of nitrogens with one attached hydrogen (secondary N) is 1. The lowest BCUT2D eigenvalue weighted by molar-refractivity contribution is 0.743. The number of aromatic nitrogens is 1. The second-order valence-corrected chi connectivity index (χ2v) is 4.72. The SMILES string of the molecule is CC1Cc2cc(C#N)c(=O)[nH]c2-c2ccccc21. The Morgan fingerprint density at radius 2 is 2.17 bits per heavy atom. The molecule has 1 aromatic carbocycles. The minimum absolute atomic E-state index is 0.195. The molecule has 3 rings (SSSR count). The first-order valence-corrected chi connectivity index (χ1v) is 5.96. The minimum Gasteiger partial charge on any atom is -0.321 e. The van der Waals surface area contributed by atoms with E-state index in [2.05, 4.69) is 18.0 Å². The van der Waals surface area contributed by atoms with Crippen LogP contribution >= 0.6 is 0 Å². The Balaban J connectivity index is 2.33. The molecular formula is C15H12N2O. The maximum Gasteiger partial charge on any atom is 0.266 e. The van der Waals surface area contributed by atoms with Crippen LogP contribution in [-0.2, 0) is 6.42 Å². The summed E-state index contributed by atoms with van der Waals surface area (Å²) in [5.41, 5.74) is 4.14. The van der Waals surface area contributed by atoms with Gasteiger partial charge in [-0.1, -0.05) is 31.2 Å². The second-order valence-electron chi connectivity index (χ2n) is 4.72. The summed E-state index contributed by atoms with van der Waals surface area (Å²) in [7, 11) is 0. The van der Waals surface area contributed by atoms with Gasteiger partial charge in [0.05, 0.1) is 5.69 Å². The lowest BCUT2D eigenvalue weighted by Gasteiger charge is -2.24. The average molecular weight is 236 g/mol. The lowest BCUT2D eigenvalue weighted by Crippen LogP contribution is -2.17. The Morgan fingerprint density at radius 3 is 2.94 bits per heavy atom. The van der Waals surface area contributed by atoms with E-state index in [0.29, 0.717) is 5.92 Å². The summed E-state index contributed by atoms with van der Waals surface area (Å²) in [6.07, 6.45) is 0.859. The molecule has 0 saturated heterocycles. The predicted octanol–water partition coefficient (Wildman–Crippen LogP) is 2.57. The van der Waals surface area contributed by atoms with Crippen LogP contribution in [0.1, 0.15) is 29.5 Å². The van der Waals surface area contributed by atoms with Crippen molar-refractivity contribution in [3.63, 3.8) is 0 Å². The summed E-state index contributed by atoms with van der Waals surface area (Å²) >= 11 is 0. The van der Waals surface area contributed by atoms with E-state index in [4.69, 9.17) is 5.26 Å². The van der Waals surface area contributed by atoms with Crippen LogP contribution in [0.3, 0.4) is 0 Å². The smallest absolute Gasteiger partial charge is 0.266 e. The summed E-state index contributed by atoms with van der Waals surface area (Å²) in [6, 6.07) is 11.8. The molecular weight excluding hydrogens is 224 g/mol. The standard InChI is InChI=1S/C15H12N2O/c1-9-6-10-7-11(8-16)15(18)17-14(10)13-5-3-2-4-12(9)13/h2-5,7,9H,6H2,1H3,(H,17,18). The van der Waals surface area contributed by atoms with Gasteiger partial charge in [0, 0.05) is 5.56 Å². The number of benzene rings is 1. The minimum atomic E-state index is -0.305. The molecule has 0 radical (unpaired) electrons. The predicted molar refractivity (Wildman–Crippen MR) is 69.3 cm³/mol. The number of hydrogen-bond donors (Lipinski definition) is 1. The molecule has 1 unspecified atom stereocenters. The van der Waals surface area contributed by atoms with Gasteiger partial charge in [-0.05, 0) is 29.5 Å². The molecule has 88 valence electrons. The average Bonchev–Trinajstić information content (AvgIpc) is 2.39. The molecule has 3 heteroatoms. The molecule has 0 fully saturated rings. The maximum absolute atomic E-state index is 11.7. The van der Waals surface area contributed by atoms with Gasteiger partial charge in [-0.3, -0.25) is 4.79 Å². The van der Waals surface area contributed by atoms with Crippen molar-refractivity contribution in [3.05, 3.63) is 57.4 Å². The monoisotopic (exact) mass is 236 g/mol. The van der Waals surface area contributed by atoms with E-state index in [0.717, 1.165) is 23.2 Å². The number of nitrogens with zero attached hydrogens (tertiary/aromatic N) is 1. The molecule has 2 aromatic rings. The molecule has 1 aromatic heterocycles. The van der Waals surface area contributed by atoms with Crippen molar-refractivity contribution in [1.29, 1.82) is 5.26 Å². The van der Waals surface area contributed by atoms with Gasteiger partial charge < -0.3 is 4.98 Å². The fourth-order valence-corrected chi connectivity index (χ4v) is 2.65. The fourth-order valence-electron chi connectivity index (χ4n) is 2.65. The first-order valence-electron chi connectivity index (χ1n) is 5.96. The van der Waals surface area contributed by atoms with Crippen LogP contribution in [0.15, 0.2) is 35.1 Å². The first-order chi connectivity index (χ1) is 8.70. The van der Waals surface area contributed by atoms with Gasteiger partial charge in [0.1, 0.15) is 11.6 Å². The highest BCUT2D eigenvalue weighted by molar-refractivity contribution is 5.71. The Hall–Kier alpha value is -2.34. The van der Waals surface area contributed by atoms with E-state index in [9.17, 15) is 4.79 Å². The molecule has 0 saturated carbocycles. The second kappa shape index (κ2) is 3.85. The van der Waals surface area contributed by atoms with Crippen molar-refractivity contribution in [1.82, 2.24) is 4.98 Å². The molecule has 0 aliphatic heterocycles. The van der Waals surface area contributed by atoms with Crippen molar-refractivity contribution in [2.75, 3.05) is 0 Å². The largest absolute Gasteiger partial charge is 0.321 e. The fraction of sp³-hybridized carbons (Fsp3) is 0.200. The van der Waals surface area contributed by atoms with E-state index in [1.54, 1.807) is 6.07 Å². The Kier molecular flexibility index (Phi) is 2.31. The van der Waals surface area contributed by atoms with Gasteiger partial charge in [-0.25, -0.2) is 0 Å². The highest BCUT2D eigenvalue weighted by Gasteiger charge is 2.22. The van der Waals surface area contributed by atoms with Crippen molar-refractivity contribution < 1.29 is 0 Å². The van der Waals surface area contributed by atoms with Crippen molar-refractivity contribution in [3.8, 4) is 17.3 Å². The number of aromatic amines is 1. The summed E-state index contributed by atoms with van der Waals surface area (Å²) in [5.74, 6) is 0.408. The lowest BCUT2D eigenvalue weighted by atomic mass is 9.82. The quantitative estimate of drug-likeness (QED) is 0.764. The number of rotatable bonds is 0. The zero-order chi connectivity index (χ0) is 12.7. The number of nitriles is 1. The van der Waals surface area contributed by atoms with Gasteiger partial charge in [0.2, 0.25) is 0 Å². The van der Waals surface area contributed by atoms with Crippen LogP contribution < -0.4 is 5.56 Å². The molecule has 3 nitrogen and oxygen atoms in total. The van der Waals surface area contributed by atoms with Crippen LogP contribution in [0.4, 0.5) is 0 Å². The van der Waals surface area contributed by atoms with Crippen LogP contribution in [0, 0.1) is 11.3 Å². The van der Waals surface area contributed by atoms with Crippen molar-refractivity contribution in [2.24, 2.45) is 0 Å². The third-order valence-corrected chi connectivity index (χ3v) is 3.53. The van der Waals surface area contributed by atoms with Crippen LogP contribution in [0.2, 0.25) is 0 Å². The number of H-pyrrole nitrogens is 1. The van der Waals surface area contributed by atoms with Crippen LogP contribution in [-0.4, -0.2) is 4.98 Å². The summed E-state index contributed by atoms with van der Waals surface area (Å²) in [5, 5.41) is 8.91. The molecule has 0 amide bonds. The van der Waals surface area contributed by atoms with Gasteiger partial charge >= 0.3 is 0 Å². The van der Waals surface area contributed by atoms with Crippen molar-refractivity contribution in [2.45, 2.75) is 19.3 Å². The third-order valence-electron chi connectivity index (χ3n) is 3.53. The molecule has 18 heavy (non-hydrogen) atoms. The van der Waals surface area contributed by atoms with E-state index < -0.39 is 0 Å². The van der Waals surface area contributed by atoms with E-state index in [-0.39, 0.29) is 11.1 Å². The summed E-state index contributed by atoms with van der Waals surface area (Å²) in [6.45, 7) is 2.17. The van der Waals surface area contributed by atoms with E-state index in [1.165, 1.54) is 5.56 Å². The van der Waals surface area contributed by atoms with Crippen LogP contribution in [0.25, 0.3) is 11.3 Å². The Morgan fingerprint density at radius 1 is 1.39 bits per heavy atom. The number of fused-ring (bicyclic) bond motifs is 3. The highest BCUT2D eigenvalue weighted by Crippen LogP contribution is 2.37. The maximum atomic E-state index is 11.7. The topological polar surface area (TPSA) is 56.6 Å². The van der Waals surface area contributed by atoms with Gasteiger partial charge in [0.25, 0.3) is 5.56 Å². The zero-order valence-electron chi connectivity index (χ0n) is 10.0. The number of hydrogen-bond acceptors (Lipinski definition) is 2. The van der Waals surface area contributed by atoms with E-state index in [1.807, 2.05) is 24.3 Å². The summed E-state index contributed by atoms with van der Waals surface area (Å²) in [4.78, 5) is 14.6. The summed E-state index contributed by atoms with van der Waals surface area (Å²) < 4.78 is 0. The zero-order valence-corrected chi connectivity index (χ0v) is 10.0. The molecule has 1 heterocycles. The molecule has 1 N–H and O–H groups in total. The molecule has 1 aliphatic rings. The third kappa shape index (κ3) is 1.46. The highest BCUT2D eigenvalue weighted by atomic mass is 16.1. The van der Waals surface area contributed by atoms with Crippen LogP contribution in [0.5, 0.6) is 0 Å². The molecule has 1 aliphatic carbocycles. The van der Waals surface area contributed by atoms with Gasteiger partial charge in [0.15, 0.2) is 0 Å².